The lowest BCUT2D eigenvalue weighted by atomic mass is 9.91. The predicted octanol–water partition coefficient (Wildman–Crippen LogP) is 2.46. The molecule has 1 aliphatic rings. The molecule has 0 aromatic heterocycles. The first kappa shape index (κ1) is 14.6. The van der Waals surface area contributed by atoms with E-state index in [4.69, 9.17) is 5.73 Å². The summed E-state index contributed by atoms with van der Waals surface area (Å²) in [5.74, 6) is 0.740. The third-order valence-electron chi connectivity index (χ3n) is 3.57. The lowest BCUT2D eigenvalue weighted by Crippen LogP contribution is -2.43. The standard InChI is InChI=1S/C16H23N3O/c1-11(2)9-16(4)14(20)19(15(17)18-16)10-13-7-5-6-12(3)8-13/h5-8,11H,9-10H2,1-4H3,(H2,17,18). The molecule has 1 aliphatic heterocycles. The molecule has 1 unspecified atom stereocenters. The van der Waals surface area contributed by atoms with Crippen molar-refractivity contribution in [2.45, 2.75) is 46.2 Å². The maximum atomic E-state index is 12.6. The highest BCUT2D eigenvalue weighted by Crippen LogP contribution is 2.29. The number of nitrogens with two attached hydrogens (primary N) is 1. The van der Waals surface area contributed by atoms with Crippen LogP contribution in [-0.2, 0) is 11.3 Å². The Morgan fingerprint density at radius 2 is 2.10 bits per heavy atom. The van der Waals surface area contributed by atoms with Crippen molar-refractivity contribution < 1.29 is 4.79 Å². The van der Waals surface area contributed by atoms with Gasteiger partial charge in [0.1, 0.15) is 5.54 Å². The van der Waals surface area contributed by atoms with Crippen LogP contribution in [0.1, 0.15) is 38.3 Å². The average molecular weight is 273 g/mol. The minimum absolute atomic E-state index is 0.00482. The van der Waals surface area contributed by atoms with E-state index in [1.165, 1.54) is 5.56 Å². The van der Waals surface area contributed by atoms with E-state index in [0.717, 1.165) is 12.0 Å². The number of hydrogen-bond donors (Lipinski definition) is 1. The van der Waals surface area contributed by atoms with Crippen molar-refractivity contribution in [2.75, 3.05) is 0 Å². The molecule has 0 fully saturated rings. The highest BCUT2D eigenvalue weighted by atomic mass is 16.2. The molecule has 0 bridgehead atoms. The van der Waals surface area contributed by atoms with Crippen molar-refractivity contribution in [3.63, 3.8) is 0 Å². The van der Waals surface area contributed by atoms with Crippen LogP contribution in [0.4, 0.5) is 0 Å². The van der Waals surface area contributed by atoms with Crippen LogP contribution in [0, 0.1) is 12.8 Å². The Morgan fingerprint density at radius 1 is 1.40 bits per heavy atom. The number of hydrogen-bond acceptors (Lipinski definition) is 3. The second-order valence-corrected chi connectivity index (χ2v) is 6.22. The van der Waals surface area contributed by atoms with E-state index < -0.39 is 5.54 Å². The monoisotopic (exact) mass is 273 g/mol. The molecule has 0 spiro atoms. The number of guanidine groups is 1. The minimum Gasteiger partial charge on any atom is -0.369 e. The summed E-state index contributed by atoms with van der Waals surface area (Å²) in [7, 11) is 0. The van der Waals surface area contributed by atoms with Crippen molar-refractivity contribution in [3.8, 4) is 0 Å². The SMILES string of the molecule is Cc1cccc(CN2C(=O)C(C)(CC(C)C)N=C2N)c1. The molecule has 1 atom stereocenters. The number of carbonyl (C=O) groups excluding carboxylic acids is 1. The van der Waals surface area contributed by atoms with Gasteiger partial charge in [0.05, 0.1) is 6.54 Å². The van der Waals surface area contributed by atoms with Crippen LogP contribution in [0.15, 0.2) is 29.3 Å². The topological polar surface area (TPSA) is 58.7 Å². The van der Waals surface area contributed by atoms with Crippen LogP contribution in [0.25, 0.3) is 0 Å². The first-order chi connectivity index (χ1) is 9.32. The van der Waals surface area contributed by atoms with Crippen LogP contribution < -0.4 is 5.73 Å². The third-order valence-corrected chi connectivity index (χ3v) is 3.57. The zero-order valence-electron chi connectivity index (χ0n) is 12.7. The van der Waals surface area contributed by atoms with Crippen LogP contribution in [0.3, 0.4) is 0 Å². The molecule has 2 N–H and O–H groups in total. The number of carbonyl (C=O) groups is 1. The van der Waals surface area contributed by atoms with Gasteiger partial charge in [0.2, 0.25) is 0 Å². The largest absolute Gasteiger partial charge is 0.369 e. The smallest absolute Gasteiger partial charge is 0.257 e. The summed E-state index contributed by atoms with van der Waals surface area (Å²) in [5.41, 5.74) is 7.51. The Labute approximate surface area is 120 Å². The van der Waals surface area contributed by atoms with Crippen molar-refractivity contribution in [2.24, 2.45) is 16.6 Å². The first-order valence-electron chi connectivity index (χ1n) is 7.04. The van der Waals surface area contributed by atoms with Gasteiger partial charge in [-0.2, -0.15) is 0 Å². The quantitative estimate of drug-likeness (QED) is 0.916. The van der Waals surface area contributed by atoms with Gasteiger partial charge in [-0.1, -0.05) is 43.7 Å². The highest BCUT2D eigenvalue weighted by molar-refractivity contribution is 6.06. The Balaban J connectivity index is 2.19. The third kappa shape index (κ3) is 2.84. The van der Waals surface area contributed by atoms with E-state index in [9.17, 15) is 4.79 Å². The molecule has 1 aromatic rings. The van der Waals surface area contributed by atoms with E-state index in [-0.39, 0.29) is 5.91 Å². The maximum Gasteiger partial charge on any atom is 0.257 e. The molecule has 0 saturated heterocycles. The molecule has 4 nitrogen and oxygen atoms in total. The molecule has 0 radical (unpaired) electrons. The fourth-order valence-electron chi connectivity index (χ4n) is 2.83. The number of aliphatic imine (C=N–C) groups is 1. The summed E-state index contributed by atoms with van der Waals surface area (Å²) >= 11 is 0. The van der Waals surface area contributed by atoms with Gasteiger partial charge in [-0.05, 0) is 31.7 Å². The van der Waals surface area contributed by atoms with Crippen LogP contribution in [0.5, 0.6) is 0 Å². The molecule has 4 heteroatoms. The average Bonchev–Trinajstić information content (AvgIpc) is 2.52. The van der Waals surface area contributed by atoms with Gasteiger partial charge < -0.3 is 5.73 Å². The van der Waals surface area contributed by atoms with Gasteiger partial charge in [-0.25, -0.2) is 4.99 Å². The number of benzene rings is 1. The molecule has 20 heavy (non-hydrogen) atoms. The molecular formula is C16H23N3O. The summed E-state index contributed by atoms with van der Waals surface area (Å²) in [6, 6.07) is 8.10. The fraction of sp³-hybridized carbons (Fsp3) is 0.500. The van der Waals surface area contributed by atoms with Crippen molar-refractivity contribution in [3.05, 3.63) is 35.4 Å². The van der Waals surface area contributed by atoms with E-state index in [2.05, 4.69) is 24.9 Å². The highest BCUT2D eigenvalue weighted by Gasteiger charge is 2.43. The zero-order valence-corrected chi connectivity index (χ0v) is 12.7. The van der Waals surface area contributed by atoms with Crippen LogP contribution in [-0.4, -0.2) is 22.3 Å². The van der Waals surface area contributed by atoms with Gasteiger partial charge in [-0.15, -0.1) is 0 Å². The second-order valence-electron chi connectivity index (χ2n) is 6.22. The molecule has 1 heterocycles. The van der Waals surface area contributed by atoms with Gasteiger partial charge >= 0.3 is 0 Å². The molecular weight excluding hydrogens is 250 g/mol. The number of aryl methyl sites for hydroxylation is 1. The van der Waals surface area contributed by atoms with E-state index in [0.29, 0.717) is 18.4 Å². The van der Waals surface area contributed by atoms with Crippen LogP contribution in [0.2, 0.25) is 0 Å². The zero-order chi connectivity index (χ0) is 14.9. The van der Waals surface area contributed by atoms with Gasteiger partial charge in [0.25, 0.3) is 5.91 Å². The van der Waals surface area contributed by atoms with Crippen LogP contribution >= 0.6 is 0 Å². The van der Waals surface area contributed by atoms with E-state index >= 15 is 0 Å². The number of amides is 1. The Bertz CT molecular complexity index is 550. The predicted molar refractivity (Wildman–Crippen MR) is 81.2 cm³/mol. The van der Waals surface area contributed by atoms with Crippen molar-refractivity contribution >= 4 is 11.9 Å². The lowest BCUT2D eigenvalue weighted by molar-refractivity contribution is -0.131. The summed E-state index contributed by atoms with van der Waals surface area (Å²) in [6.07, 6.45) is 0.719. The van der Waals surface area contributed by atoms with Crippen molar-refractivity contribution in [1.82, 2.24) is 4.90 Å². The summed E-state index contributed by atoms with van der Waals surface area (Å²) in [5, 5.41) is 0. The molecule has 108 valence electrons. The minimum atomic E-state index is -0.706. The summed E-state index contributed by atoms with van der Waals surface area (Å²) in [4.78, 5) is 18.6. The first-order valence-corrected chi connectivity index (χ1v) is 7.04. The molecule has 1 aromatic carbocycles. The number of rotatable bonds is 4. The summed E-state index contributed by atoms with van der Waals surface area (Å²) in [6.45, 7) is 8.58. The Hall–Kier alpha value is -1.84. The Morgan fingerprint density at radius 3 is 2.70 bits per heavy atom. The summed E-state index contributed by atoms with van der Waals surface area (Å²) < 4.78 is 0. The van der Waals surface area contributed by atoms with Gasteiger partial charge in [0.15, 0.2) is 5.96 Å². The maximum absolute atomic E-state index is 12.6. The molecule has 0 aliphatic carbocycles. The molecule has 1 amide bonds. The fourth-order valence-corrected chi connectivity index (χ4v) is 2.83. The van der Waals surface area contributed by atoms with E-state index in [1.54, 1.807) is 4.90 Å². The van der Waals surface area contributed by atoms with E-state index in [1.807, 2.05) is 32.0 Å². The molecule has 0 saturated carbocycles. The van der Waals surface area contributed by atoms with Gasteiger partial charge in [-0.3, -0.25) is 9.69 Å². The number of nitrogens with zero attached hydrogens (tertiary/aromatic N) is 2. The second kappa shape index (κ2) is 5.27. The Kier molecular flexibility index (Phi) is 3.84. The van der Waals surface area contributed by atoms with Gasteiger partial charge in [0, 0.05) is 0 Å². The lowest BCUT2D eigenvalue weighted by Gasteiger charge is -2.23. The molecule has 2 rings (SSSR count). The normalized spacial score (nSPS) is 22.6. The van der Waals surface area contributed by atoms with Crippen molar-refractivity contribution in [1.29, 1.82) is 0 Å².